The summed E-state index contributed by atoms with van der Waals surface area (Å²) in [6.07, 6.45) is 1.63. The Morgan fingerprint density at radius 3 is 2.35 bits per heavy atom. The van der Waals surface area contributed by atoms with E-state index in [1.165, 1.54) is 0 Å². The van der Waals surface area contributed by atoms with Crippen LogP contribution in [0, 0.1) is 13.8 Å². The first-order valence-corrected chi connectivity index (χ1v) is 10.7. The highest BCUT2D eigenvalue weighted by molar-refractivity contribution is 6.37. The fourth-order valence-corrected chi connectivity index (χ4v) is 3.64. The predicted molar refractivity (Wildman–Crippen MR) is 130 cm³/mol. The number of nitrogens with zero attached hydrogens (tertiary/aromatic N) is 1. The van der Waals surface area contributed by atoms with Crippen molar-refractivity contribution in [2.75, 3.05) is 11.9 Å². The molecule has 0 saturated heterocycles. The van der Waals surface area contributed by atoms with Crippen LogP contribution in [0.25, 0.3) is 0 Å². The number of ether oxygens (including phenoxy) is 1. The molecule has 0 aliphatic rings. The lowest BCUT2D eigenvalue weighted by Crippen LogP contribution is -2.20. The van der Waals surface area contributed by atoms with Crippen molar-refractivity contribution < 1.29 is 9.53 Å². The molecule has 0 heterocycles. The van der Waals surface area contributed by atoms with Gasteiger partial charge in [0.15, 0.2) is 12.4 Å². The number of halogens is 4. The van der Waals surface area contributed by atoms with Crippen LogP contribution < -0.4 is 10.1 Å². The molecule has 3 rings (SSSR count). The van der Waals surface area contributed by atoms with Crippen LogP contribution in [0.3, 0.4) is 0 Å². The third-order valence-corrected chi connectivity index (χ3v) is 5.79. The van der Waals surface area contributed by atoms with E-state index in [0.717, 1.165) is 16.8 Å². The average molecular weight is 496 g/mol. The normalized spacial score (nSPS) is 11.0. The van der Waals surface area contributed by atoms with Crippen LogP contribution in [0.4, 0.5) is 11.4 Å². The molecule has 4 nitrogen and oxygen atoms in total. The number of benzene rings is 3. The lowest BCUT2D eigenvalue weighted by molar-refractivity contribution is -0.118. The fraction of sp³-hybridized carbons (Fsp3) is 0.130. The number of carbonyl (C=O) groups is 1. The predicted octanol–water partition coefficient (Wildman–Crippen LogP) is 7.69. The van der Waals surface area contributed by atoms with Crippen molar-refractivity contribution in [1.82, 2.24) is 0 Å². The summed E-state index contributed by atoms with van der Waals surface area (Å²) in [6, 6.07) is 14.1. The Kier molecular flexibility index (Phi) is 7.84. The zero-order valence-corrected chi connectivity index (χ0v) is 19.7. The second-order valence-electron chi connectivity index (χ2n) is 6.76. The molecule has 0 radical (unpaired) electrons. The van der Waals surface area contributed by atoms with Crippen LogP contribution in [-0.4, -0.2) is 18.7 Å². The topological polar surface area (TPSA) is 50.7 Å². The highest BCUT2D eigenvalue weighted by atomic mass is 35.5. The summed E-state index contributed by atoms with van der Waals surface area (Å²) < 4.78 is 5.54. The molecule has 0 spiro atoms. The Balaban J connectivity index is 1.67. The van der Waals surface area contributed by atoms with Crippen molar-refractivity contribution in [2.24, 2.45) is 4.99 Å². The van der Waals surface area contributed by atoms with E-state index in [1.807, 2.05) is 32.0 Å². The van der Waals surface area contributed by atoms with Crippen molar-refractivity contribution in [3.63, 3.8) is 0 Å². The summed E-state index contributed by atoms with van der Waals surface area (Å²) in [7, 11) is 0. The van der Waals surface area contributed by atoms with Crippen LogP contribution in [0.2, 0.25) is 20.1 Å². The zero-order chi connectivity index (χ0) is 22.5. The summed E-state index contributed by atoms with van der Waals surface area (Å²) >= 11 is 24.8. The van der Waals surface area contributed by atoms with Crippen LogP contribution in [0.1, 0.15) is 16.7 Å². The van der Waals surface area contributed by atoms with Crippen molar-refractivity contribution in [3.05, 3.63) is 85.3 Å². The summed E-state index contributed by atoms with van der Waals surface area (Å²) in [4.78, 5) is 16.6. The number of anilines is 1. The summed E-state index contributed by atoms with van der Waals surface area (Å²) in [5, 5.41) is 4.45. The van der Waals surface area contributed by atoms with Gasteiger partial charge in [0, 0.05) is 21.9 Å². The first kappa shape index (κ1) is 23.4. The molecule has 0 unspecified atom stereocenters. The van der Waals surface area contributed by atoms with Crippen LogP contribution >= 0.6 is 46.4 Å². The molecule has 1 N–H and O–H groups in total. The minimum absolute atomic E-state index is 0.219. The molecule has 0 aliphatic carbocycles. The maximum Gasteiger partial charge on any atom is 0.262 e. The maximum absolute atomic E-state index is 12.2. The third kappa shape index (κ3) is 6.14. The molecular formula is C23H18Cl4N2O2. The number of aliphatic imine (C=N–C) groups is 1. The molecule has 0 fully saturated rings. The van der Waals surface area contributed by atoms with Gasteiger partial charge in [-0.15, -0.1) is 0 Å². The van der Waals surface area contributed by atoms with Crippen molar-refractivity contribution in [2.45, 2.75) is 13.8 Å². The average Bonchev–Trinajstić information content (AvgIpc) is 2.71. The lowest BCUT2D eigenvalue weighted by atomic mass is 10.2. The van der Waals surface area contributed by atoms with Crippen LogP contribution in [-0.2, 0) is 4.79 Å². The number of rotatable bonds is 6. The Morgan fingerprint density at radius 2 is 1.68 bits per heavy atom. The molecule has 3 aromatic carbocycles. The standard InChI is InChI=1S/C23H18Cl4N2O2/c1-13-6-7-16(10-18(13)25)29-22(30)12-31-23-19(26)8-15(9-20(23)27)11-28-21-5-3-4-17(24)14(21)2/h3-11H,12H2,1-2H3,(H,29,30). The molecule has 31 heavy (non-hydrogen) atoms. The number of hydrogen-bond acceptors (Lipinski definition) is 3. The molecule has 0 saturated carbocycles. The second-order valence-corrected chi connectivity index (χ2v) is 8.39. The first-order valence-electron chi connectivity index (χ1n) is 9.21. The zero-order valence-electron chi connectivity index (χ0n) is 16.7. The van der Waals surface area contributed by atoms with Gasteiger partial charge >= 0.3 is 0 Å². The molecule has 0 aromatic heterocycles. The molecule has 0 aliphatic heterocycles. The van der Waals surface area contributed by atoms with Crippen LogP contribution in [0.15, 0.2) is 53.5 Å². The van der Waals surface area contributed by atoms with Gasteiger partial charge in [-0.1, -0.05) is 58.5 Å². The molecular weight excluding hydrogens is 478 g/mol. The van der Waals surface area contributed by atoms with E-state index in [4.69, 9.17) is 51.1 Å². The Hall–Kier alpha value is -2.24. The Labute approximate surface area is 200 Å². The van der Waals surface area contributed by atoms with Crippen molar-refractivity contribution >= 4 is 69.9 Å². The number of nitrogens with one attached hydrogen (secondary N) is 1. The monoisotopic (exact) mass is 494 g/mol. The van der Waals surface area contributed by atoms with Crippen LogP contribution in [0.5, 0.6) is 5.75 Å². The SMILES string of the molecule is Cc1ccc(NC(=O)COc2c(Cl)cc(C=Nc3cccc(Cl)c3C)cc2Cl)cc1Cl. The minimum Gasteiger partial charge on any atom is -0.481 e. The summed E-state index contributed by atoms with van der Waals surface area (Å²) in [5.41, 5.74) is 3.79. The van der Waals surface area contributed by atoms with Gasteiger partial charge in [0.05, 0.1) is 15.7 Å². The van der Waals surface area contributed by atoms with Crippen molar-refractivity contribution in [3.8, 4) is 5.75 Å². The van der Waals surface area contributed by atoms with Gasteiger partial charge in [0.1, 0.15) is 0 Å². The first-order chi connectivity index (χ1) is 14.7. The van der Waals surface area contributed by atoms with Gasteiger partial charge in [-0.2, -0.15) is 0 Å². The smallest absolute Gasteiger partial charge is 0.262 e. The molecule has 0 atom stereocenters. The van der Waals surface area contributed by atoms with E-state index in [1.54, 1.807) is 36.5 Å². The number of hydrogen-bond donors (Lipinski definition) is 1. The summed E-state index contributed by atoms with van der Waals surface area (Å²) in [6.45, 7) is 3.51. The van der Waals surface area contributed by atoms with Gasteiger partial charge in [0.25, 0.3) is 5.91 Å². The van der Waals surface area contributed by atoms with E-state index < -0.39 is 0 Å². The summed E-state index contributed by atoms with van der Waals surface area (Å²) in [5.74, 6) is -0.148. The number of carbonyl (C=O) groups excluding carboxylic acids is 1. The lowest BCUT2D eigenvalue weighted by Gasteiger charge is -2.11. The Bertz CT molecular complexity index is 1140. The largest absolute Gasteiger partial charge is 0.481 e. The molecule has 3 aromatic rings. The van der Waals surface area contributed by atoms with E-state index in [-0.39, 0.29) is 28.3 Å². The van der Waals surface area contributed by atoms with E-state index in [9.17, 15) is 4.79 Å². The Morgan fingerprint density at radius 1 is 0.968 bits per heavy atom. The van der Waals surface area contributed by atoms with Gasteiger partial charge in [-0.3, -0.25) is 9.79 Å². The van der Waals surface area contributed by atoms with Gasteiger partial charge in [0.2, 0.25) is 0 Å². The van der Waals surface area contributed by atoms with Gasteiger partial charge < -0.3 is 10.1 Å². The minimum atomic E-state index is -0.367. The third-order valence-electron chi connectivity index (χ3n) is 4.42. The van der Waals surface area contributed by atoms with E-state index in [2.05, 4.69) is 10.3 Å². The highest BCUT2D eigenvalue weighted by Crippen LogP contribution is 2.34. The molecule has 8 heteroatoms. The second kappa shape index (κ2) is 10.4. The number of amides is 1. The van der Waals surface area contributed by atoms with E-state index in [0.29, 0.717) is 21.3 Å². The molecule has 0 bridgehead atoms. The molecule has 1 amide bonds. The van der Waals surface area contributed by atoms with Gasteiger partial charge in [-0.25, -0.2) is 0 Å². The molecule has 160 valence electrons. The number of aryl methyl sites for hydroxylation is 1. The quantitative estimate of drug-likeness (QED) is 0.356. The maximum atomic E-state index is 12.2. The van der Waals surface area contributed by atoms with E-state index >= 15 is 0 Å². The van der Waals surface area contributed by atoms with Gasteiger partial charge in [-0.05, 0) is 66.9 Å². The highest BCUT2D eigenvalue weighted by Gasteiger charge is 2.12. The van der Waals surface area contributed by atoms with Crippen molar-refractivity contribution in [1.29, 1.82) is 0 Å². The fourth-order valence-electron chi connectivity index (χ4n) is 2.68.